The highest BCUT2D eigenvalue weighted by atomic mass is 15.2. The molecule has 0 spiro atoms. The van der Waals surface area contributed by atoms with Crippen LogP contribution in [0.4, 0.5) is 5.69 Å². The molecule has 2 heteroatoms. The maximum Gasteiger partial charge on any atom is 0.0447 e. The van der Waals surface area contributed by atoms with Crippen LogP contribution < -0.4 is 4.90 Å². The largest absolute Gasteiger partial charge is 0.364 e. The average molecular weight is 224 g/mol. The molecule has 0 amide bonds. The van der Waals surface area contributed by atoms with Gasteiger partial charge in [0, 0.05) is 30.7 Å². The van der Waals surface area contributed by atoms with Gasteiger partial charge in [0.25, 0.3) is 0 Å². The predicted octanol–water partition coefficient (Wildman–Crippen LogP) is 3.25. The molecule has 0 unspecified atom stereocenters. The van der Waals surface area contributed by atoms with E-state index in [9.17, 15) is 0 Å². The molecule has 1 aromatic carbocycles. The van der Waals surface area contributed by atoms with E-state index >= 15 is 0 Å². The number of hydrogen-bond acceptors (Lipinski definition) is 2. The smallest absolute Gasteiger partial charge is 0.0447 e. The Balaban J connectivity index is 1.82. The first-order valence-electron chi connectivity index (χ1n) is 6.14. The number of hydrogen-bond donors (Lipinski definition) is 0. The van der Waals surface area contributed by atoms with Gasteiger partial charge in [-0.25, -0.2) is 0 Å². The van der Waals surface area contributed by atoms with Gasteiger partial charge in [0.15, 0.2) is 0 Å². The first-order valence-corrected chi connectivity index (χ1v) is 6.14. The number of aromatic nitrogens is 1. The SMILES string of the molecule is c1ccc(N(Cc2cccnc2)C2CC2)cc1. The zero-order valence-corrected chi connectivity index (χ0v) is 9.79. The fourth-order valence-corrected chi connectivity index (χ4v) is 2.13. The monoisotopic (exact) mass is 224 g/mol. The van der Waals surface area contributed by atoms with Crippen LogP contribution in [0.2, 0.25) is 0 Å². The van der Waals surface area contributed by atoms with Crippen LogP contribution in [-0.4, -0.2) is 11.0 Å². The first-order chi connectivity index (χ1) is 8.43. The van der Waals surface area contributed by atoms with Crippen LogP contribution in [0.15, 0.2) is 54.9 Å². The lowest BCUT2D eigenvalue weighted by Gasteiger charge is -2.24. The molecule has 17 heavy (non-hydrogen) atoms. The fourth-order valence-electron chi connectivity index (χ4n) is 2.13. The summed E-state index contributed by atoms with van der Waals surface area (Å²) < 4.78 is 0. The zero-order valence-electron chi connectivity index (χ0n) is 9.79. The summed E-state index contributed by atoms with van der Waals surface area (Å²) in [7, 11) is 0. The van der Waals surface area contributed by atoms with Gasteiger partial charge in [-0.1, -0.05) is 24.3 Å². The van der Waals surface area contributed by atoms with Gasteiger partial charge in [0.1, 0.15) is 0 Å². The quantitative estimate of drug-likeness (QED) is 0.792. The Hall–Kier alpha value is -1.83. The van der Waals surface area contributed by atoms with Crippen molar-refractivity contribution in [3.8, 4) is 0 Å². The van der Waals surface area contributed by atoms with Gasteiger partial charge in [-0.2, -0.15) is 0 Å². The van der Waals surface area contributed by atoms with Crippen molar-refractivity contribution in [3.63, 3.8) is 0 Å². The second-order valence-electron chi connectivity index (χ2n) is 4.56. The molecule has 1 fully saturated rings. The minimum atomic E-state index is 0.720. The molecule has 1 heterocycles. The van der Waals surface area contributed by atoms with Crippen molar-refractivity contribution in [2.24, 2.45) is 0 Å². The number of benzene rings is 1. The molecule has 0 radical (unpaired) electrons. The highest BCUT2D eigenvalue weighted by Gasteiger charge is 2.29. The summed E-state index contributed by atoms with van der Waals surface area (Å²) in [4.78, 5) is 6.67. The van der Waals surface area contributed by atoms with E-state index < -0.39 is 0 Å². The molecule has 0 bridgehead atoms. The van der Waals surface area contributed by atoms with Crippen molar-refractivity contribution in [2.45, 2.75) is 25.4 Å². The molecule has 1 saturated carbocycles. The molecule has 1 aliphatic carbocycles. The minimum Gasteiger partial charge on any atom is -0.364 e. The predicted molar refractivity (Wildman–Crippen MR) is 69.9 cm³/mol. The van der Waals surface area contributed by atoms with Crippen molar-refractivity contribution >= 4 is 5.69 Å². The lowest BCUT2D eigenvalue weighted by molar-refractivity contribution is 0.791. The summed E-state index contributed by atoms with van der Waals surface area (Å²) in [5.74, 6) is 0. The van der Waals surface area contributed by atoms with Crippen molar-refractivity contribution in [1.82, 2.24) is 4.98 Å². The Morgan fingerprint density at radius 3 is 2.53 bits per heavy atom. The standard InChI is InChI=1S/C15H16N2/c1-2-6-14(7-3-1)17(15-8-9-15)12-13-5-4-10-16-11-13/h1-7,10-11,15H,8-9,12H2. The first kappa shape index (κ1) is 10.3. The second-order valence-corrected chi connectivity index (χ2v) is 4.56. The summed E-state index contributed by atoms with van der Waals surface area (Å²) >= 11 is 0. The van der Waals surface area contributed by atoms with Crippen molar-refractivity contribution < 1.29 is 0 Å². The van der Waals surface area contributed by atoms with E-state index in [1.54, 1.807) is 0 Å². The summed E-state index contributed by atoms with van der Waals surface area (Å²) in [6, 6.07) is 15.5. The number of para-hydroxylation sites is 1. The fraction of sp³-hybridized carbons (Fsp3) is 0.267. The molecule has 86 valence electrons. The molecule has 0 N–H and O–H groups in total. The van der Waals surface area contributed by atoms with Gasteiger partial charge in [-0.15, -0.1) is 0 Å². The Morgan fingerprint density at radius 1 is 1.06 bits per heavy atom. The zero-order chi connectivity index (χ0) is 11.5. The van der Waals surface area contributed by atoms with Crippen LogP contribution in [0.3, 0.4) is 0 Å². The minimum absolute atomic E-state index is 0.720. The third-order valence-electron chi connectivity index (χ3n) is 3.15. The molecule has 1 aromatic heterocycles. The normalized spacial score (nSPS) is 14.6. The highest BCUT2D eigenvalue weighted by Crippen LogP contribution is 2.32. The van der Waals surface area contributed by atoms with Gasteiger partial charge in [-0.3, -0.25) is 4.98 Å². The van der Waals surface area contributed by atoms with Crippen LogP contribution in [0, 0.1) is 0 Å². The van der Waals surface area contributed by atoms with E-state index in [-0.39, 0.29) is 0 Å². The Morgan fingerprint density at radius 2 is 1.88 bits per heavy atom. The number of anilines is 1. The topological polar surface area (TPSA) is 16.1 Å². The molecule has 0 saturated heterocycles. The number of pyridine rings is 1. The lowest BCUT2D eigenvalue weighted by Crippen LogP contribution is -2.24. The molecule has 3 rings (SSSR count). The van der Waals surface area contributed by atoms with Gasteiger partial charge in [0.2, 0.25) is 0 Å². The summed E-state index contributed by atoms with van der Waals surface area (Å²) in [6.45, 7) is 0.961. The summed E-state index contributed by atoms with van der Waals surface area (Å²) in [6.07, 6.45) is 6.41. The molecule has 0 atom stereocenters. The van der Waals surface area contributed by atoms with E-state index in [4.69, 9.17) is 0 Å². The molecular formula is C15H16N2. The van der Waals surface area contributed by atoms with Crippen LogP contribution in [0.5, 0.6) is 0 Å². The van der Waals surface area contributed by atoms with Crippen molar-refractivity contribution in [3.05, 3.63) is 60.4 Å². The summed E-state index contributed by atoms with van der Waals surface area (Å²) in [5, 5.41) is 0. The number of nitrogens with zero attached hydrogens (tertiary/aromatic N) is 2. The van der Waals surface area contributed by atoms with E-state index in [1.165, 1.54) is 24.1 Å². The van der Waals surface area contributed by atoms with E-state index in [1.807, 2.05) is 18.5 Å². The molecule has 1 aliphatic rings. The number of rotatable bonds is 4. The average Bonchev–Trinajstić information content (AvgIpc) is 3.23. The molecule has 2 nitrogen and oxygen atoms in total. The van der Waals surface area contributed by atoms with Gasteiger partial charge >= 0.3 is 0 Å². The third-order valence-corrected chi connectivity index (χ3v) is 3.15. The maximum absolute atomic E-state index is 4.18. The Bertz CT molecular complexity index is 463. The Kier molecular flexibility index (Phi) is 2.78. The van der Waals surface area contributed by atoms with Gasteiger partial charge < -0.3 is 4.90 Å². The third kappa shape index (κ3) is 2.47. The highest BCUT2D eigenvalue weighted by molar-refractivity contribution is 5.48. The molecule has 2 aromatic rings. The van der Waals surface area contributed by atoms with Crippen LogP contribution in [-0.2, 0) is 6.54 Å². The van der Waals surface area contributed by atoms with Crippen LogP contribution >= 0.6 is 0 Å². The van der Waals surface area contributed by atoms with Gasteiger partial charge in [0.05, 0.1) is 0 Å². The van der Waals surface area contributed by atoms with Crippen LogP contribution in [0.1, 0.15) is 18.4 Å². The summed E-state index contributed by atoms with van der Waals surface area (Å²) in [5.41, 5.74) is 2.60. The second kappa shape index (κ2) is 4.58. The Labute approximate surface area is 102 Å². The van der Waals surface area contributed by atoms with Crippen LogP contribution in [0.25, 0.3) is 0 Å². The van der Waals surface area contributed by atoms with E-state index in [0.29, 0.717) is 0 Å². The van der Waals surface area contributed by atoms with Gasteiger partial charge in [-0.05, 0) is 36.6 Å². The maximum atomic E-state index is 4.18. The van der Waals surface area contributed by atoms with Crippen molar-refractivity contribution in [2.75, 3.05) is 4.90 Å². The molecular weight excluding hydrogens is 208 g/mol. The lowest BCUT2D eigenvalue weighted by atomic mass is 10.2. The van der Waals surface area contributed by atoms with E-state index in [2.05, 4.69) is 46.3 Å². The molecule has 0 aliphatic heterocycles. The van der Waals surface area contributed by atoms with E-state index in [0.717, 1.165) is 12.6 Å². The van der Waals surface area contributed by atoms with Crippen molar-refractivity contribution in [1.29, 1.82) is 0 Å².